The molecule has 0 aliphatic heterocycles. The van der Waals surface area contributed by atoms with Gasteiger partial charge in [-0.3, -0.25) is 0 Å². The zero-order valence-electron chi connectivity index (χ0n) is 11.4. The second kappa shape index (κ2) is 7.21. The van der Waals surface area contributed by atoms with Crippen molar-refractivity contribution in [2.24, 2.45) is 4.40 Å². The van der Waals surface area contributed by atoms with Crippen LogP contribution in [0.15, 0.2) is 45.7 Å². The maximum absolute atomic E-state index is 12.8. The van der Waals surface area contributed by atoms with Crippen molar-refractivity contribution < 1.29 is 31.1 Å². The van der Waals surface area contributed by atoms with Gasteiger partial charge in [0.15, 0.2) is 0 Å². The van der Waals surface area contributed by atoms with Crippen molar-refractivity contribution >= 4 is 22.2 Å². The molecule has 9 heteroatoms. The standard InChI is InChI=1S/C13H12F3NO4S/c1-2-21-12(18)8-5-9-17-22(19,20)11-7-4-3-6-10(11)13(14,15)16/h3-9H,2H2,1H3/b8-5+,17-9+. The number of sulfonamides is 1. The number of hydrogen-bond donors (Lipinski definition) is 0. The molecule has 0 fully saturated rings. The topological polar surface area (TPSA) is 72.8 Å². The molecule has 0 aliphatic carbocycles. The van der Waals surface area contributed by atoms with Crippen LogP contribution in [0.2, 0.25) is 0 Å². The Labute approximate surface area is 125 Å². The van der Waals surface area contributed by atoms with E-state index < -0.39 is 32.6 Å². The largest absolute Gasteiger partial charge is 0.463 e. The van der Waals surface area contributed by atoms with E-state index in [1.807, 2.05) is 0 Å². The number of hydrogen-bond acceptors (Lipinski definition) is 4. The van der Waals surface area contributed by atoms with Gasteiger partial charge in [-0.2, -0.15) is 26.0 Å². The molecule has 0 amide bonds. The summed E-state index contributed by atoms with van der Waals surface area (Å²) in [6, 6.07) is 3.69. The SMILES string of the molecule is CCOC(=O)/C=C/C=N/S(=O)(=O)c1ccccc1C(F)(F)F. The lowest BCUT2D eigenvalue weighted by Gasteiger charge is -2.10. The molecule has 1 aromatic carbocycles. The summed E-state index contributed by atoms with van der Waals surface area (Å²) in [5.41, 5.74) is -1.30. The number of carbonyl (C=O) groups is 1. The number of carbonyl (C=O) groups excluding carboxylic acids is 1. The first-order valence-electron chi connectivity index (χ1n) is 5.98. The first-order chi connectivity index (χ1) is 10.2. The summed E-state index contributed by atoms with van der Waals surface area (Å²) < 4.78 is 69.6. The normalized spacial score (nSPS) is 12.9. The zero-order chi connectivity index (χ0) is 16.8. The molecule has 0 saturated carbocycles. The van der Waals surface area contributed by atoms with Crippen LogP contribution in [0.25, 0.3) is 0 Å². The van der Waals surface area contributed by atoms with Crippen LogP contribution in [0.4, 0.5) is 13.2 Å². The molecule has 0 aliphatic rings. The van der Waals surface area contributed by atoms with Crippen molar-refractivity contribution in [2.75, 3.05) is 6.61 Å². The molecule has 0 N–H and O–H groups in total. The first-order valence-corrected chi connectivity index (χ1v) is 7.42. The zero-order valence-corrected chi connectivity index (χ0v) is 12.2. The fourth-order valence-corrected chi connectivity index (χ4v) is 2.47. The molecule has 1 rings (SSSR count). The maximum atomic E-state index is 12.8. The summed E-state index contributed by atoms with van der Waals surface area (Å²) in [4.78, 5) is 10.00. The van der Waals surface area contributed by atoms with E-state index >= 15 is 0 Å². The van der Waals surface area contributed by atoms with E-state index in [2.05, 4.69) is 9.13 Å². The lowest BCUT2D eigenvalue weighted by Crippen LogP contribution is -2.11. The van der Waals surface area contributed by atoms with Gasteiger partial charge in [-0.1, -0.05) is 12.1 Å². The van der Waals surface area contributed by atoms with Gasteiger partial charge in [0.25, 0.3) is 10.0 Å². The number of allylic oxidation sites excluding steroid dienone is 1. The lowest BCUT2D eigenvalue weighted by molar-refractivity contribution is -0.140. The van der Waals surface area contributed by atoms with E-state index in [0.717, 1.165) is 30.4 Å². The number of alkyl halides is 3. The quantitative estimate of drug-likeness (QED) is 0.471. The number of esters is 1. The fourth-order valence-electron chi connectivity index (χ4n) is 1.41. The van der Waals surface area contributed by atoms with Crippen molar-refractivity contribution in [3.05, 3.63) is 42.0 Å². The number of rotatable bonds is 5. The summed E-state index contributed by atoms with van der Waals surface area (Å²) in [6.07, 6.45) is -2.25. The highest BCUT2D eigenvalue weighted by Crippen LogP contribution is 2.34. The molecule has 0 heterocycles. The molecule has 1 aromatic rings. The van der Waals surface area contributed by atoms with Crippen LogP contribution < -0.4 is 0 Å². The minimum absolute atomic E-state index is 0.136. The van der Waals surface area contributed by atoms with Gasteiger partial charge in [0.2, 0.25) is 0 Å². The summed E-state index contributed by atoms with van der Waals surface area (Å²) in [5, 5.41) is 0. The Hall–Kier alpha value is -2.16. The molecule has 0 saturated heterocycles. The second-order valence-electron chi connectivity index (χ2n) is 3.83. The predicted octanol–water partition coefficient (Wildman–Crippen LogP) is 2.58. The minimum Gasteiger partial charge on any atom is -0.463 e. The predicted molar refractivity (Wildman–Crippen MR) is 72.9 cm³/mol. The monoisotopic (exact) mass is 335 g/mol. The van der Waals surface area contributed by atoms with Crippen molar-refractivity contribution in [3.8, 4) is 0 Å². The van der Waals surface area contributed by atoms with Gasteiger partial charge in [0.05, 0.1) is 12.2 Å². The molecular formula is C13H12F3NO4S. The van der Waals surface area contributed by atoms with Crippen molar-refractivity contribution in [2.45, 2.75) is 18.0 Å². The fraction of sp³-hybridized carbons (Fsp3) is 0.231. The summed E-state index contributed by atoms with van der Waals surface area (Å²) in [7, 11) is -4.54. The van der Waals surface area contributed by atoms with Gasteiger partial charge < -0.3 is 4.74 Å². The molecule has 0 atom stereocenters. The molecule has 22 heavy (non-hydrogen) atoms. The van der Waals surface area contributed by atoms with Crippen molar-refractivity contribution in [3.63, 3.8) is 0 Å². The Morgan fingerprint density at radius 1 is 1.32 bits per heavy atom. The minimum atomic E-state index is -4.82. The van der Waals surface area contributed by atoms with Crippen molar-refractivity contribution in [1.29, 1.82) is 0 Å². The van der Waals surface area contributed by atoms with Gasteiger partial charge in [-0.05, 0) is 25.1 Å². The average Bonchev–Trinajstić information content (AvgIpc) is 2.43. The third-order valence-corrected chi connectivity index (χ3v) is 3.59. The van der Waals surface area contributed by atoms with E-state index in [9.17, 15) is 26.4 Å². The van der Waals surface area contributed by atoms with Crippen LogP contribution in [0.5, 0.6) is 0 Å². The summed E-state index contributed by atoms with van der Waals surface area (Å²) in [6.45, 7) is 1.72. The number of ether oxygens (including phenoxy) is 1. The van der Waals surface area contributed by atoms with E-state index in [1.165, 1.54) is 0 Å². The highest BCUT2D eigenvalue weighted by molar-refractivity contribution is 7.90. The molecular weight excluding hydrogens is 323 g/mol. The Kier molecular flexibility index (Phi) is 5.86. The van der Waals surface area contributed by atoms with E-state index in [-0.39, 0.29) is 6.61 Å². The first kappa shape index (κ1) is 17.9. The van der Waals surface area contributed by atoms with E-state index in [0.29, 0.717) is 12.3 Å². The third kappa shape index (κ3) is 4.99. The molecule has 120 valence electrons. The Morgan fingerprint density at radius 3 is 2.55 bits per heavy atom. The Bertz CT molecular complexity index is 693. The molecule has 5 nitrogen and oxygen atoms in total. The number of halogens is 3. The highest BCUT2D eigenvalue weighted by atomic mass is 32.2. The number of nitrogens with zero attached hydrogens (tertiary/aromatic N) is 1. The summed E-state index contributed by atoms with van der Waals surface area (Å²) >= 11 is 0. The van der Waals surface area contributed by atoms with E-state index in [4.69, 9.17) is 0 Å². The summed E-state index contributed by atoms with van der Waals surface area (Å²) in [5.74, 6) is -0.720. The van der Waals surface area contributed by atoms with Gasteiger partial charge in [0.1, 0.15) is 4.90 Å². The smallest absolute Gasteiger partial charge is 0.417 e. The van der Waals surface area contributed by atoms with Crippen LogP contribution in [0, 0.1) is 0 Å². The van der Waals surface area contributed by atoms with Crippen LogP contribution in [0.1, 0.15) is 12.5 Å². The molecule has 0 radical (unpaired) electrons. The second-order valence-corrected chi connectivity index (χ2v) is 5.44. The molecule has 0 spiro atoms. The average molecular weight is 335 g/mol. The molecule has 0 bridgehead atoms. The Balaban J connectivity index is 3.04. The van der Waals surface area contributed by atoms with Crippen LogP contribution in [0.3, 0.4) is 0 Å². The van der Waals surface area contributed by atoms with E-state index in [1.54, 1.807) is 6.92 Å². The molecule has 0 aromatic heterocycles. The third-order valence-electron chi connectivity index (χ3n) is 2.27. The van der Waals surface area contributed by atoms with Gasteiger partial charge >= 0.3 is 12.1 Å². The highest BCUT2D eigenvalue weighted by Gasteiger charge is 2.36. The Morgan fingerprint density at radius 2 is 1.95 bits per heavy atom. The molecule has 0 unspecified atom stereocenters. The van der Waals surface area contributed by atoms with Gasteiger partial charge in [-0.25, -0.2) is 4.79 Å². The lowest BCUT2D eigenvalue weighted by atomic mass is 10.2. The van der Waals surface area contributed by atoms with Gasteiger partial charge in [-0.15, -0.1) is 0 Å². The van der Waals surface area contributed by atoms with Crippen LogP contribution >= 0.6 is 0 Å². The van der Waals surface area contributed by atoms with Crippen LogP contribution in [-0.4, -0.2) is 27.2 Å². The maximum Gasteiger partial charge on any atom is 0.417 e. The van der Waals surface area contributed by atoms with Crippen molar-refractivity contribution in [1.82, 2.24) is 0 Å². The van der Waals surface area contributed by atoms with Crippen LogP contribution in [-0.2, 0) is 25.7 Å². The van der Waals surface area contributed by atoms with Gasteiger partial charge in [0, 0.05) is 12.3 Å². The number of benzene rings is 1.